The first kappa shape index (κ1) is 18.2. The van der Waals surface area contributed by atoms with Gasteiger partial charge in [0.1, 0.15) is 6.61 Å². The lowest BCUT2D eigenvalue weighted by Gasteiger charge is -2.29. The predicted molar refractivity (Wildman–Crippen MR) is 102 cm³/mol. The number of rotatable bonds is 6. The van der Waals surface area contributed by atoms with E-state index in [1.54, 1.807) is 4.90 Å². The molecule has 0 saturated heterocycles. The van der Waals surface area contributed by atoms with Gasteiger partial charge in [-0.2, -0.15) is 0 Å². The lowest BCUT2D eigenvalue weighted by atomic mass is 10.2. The summed E-state index contributed by atoms with van der Waals surface area (Å²) in [5, 5.41) is 0. The standard InChI is InChI=1S/C22H25NO3/c24-22(26-17-20-12-6-2-7-13-20)23-15-9-3-8-14-21(23)18-25-16-19-10-4-1-5-11-19/h1-8,10-13,21H,9,14-18H2/t21-/m0/s1. The Morgan fingerprint density at radius 3 is 2.27 bits per heavy atom. The first-order valence-corrected chi connectivity index (χ1v) is 9.07. The van der Waals surface area contributed by atoms with E-state index in [-0.39, 0.29) is 12.1 Å². The zero-order valence-corrected chi connectivity index (χ0v) is 14.9. The fraction of sp³-hybridized carbons (Fsp3) is 0.318. The number of nitrogens with zero attached hydrogens (tertiary/aromatic N) is 1. The summed E-state index contributed by atoms with van der Waals surface area (Å²) >= 11 is 0. The molecule has 1 aliphatic heterocycles. The Kier molecular flexibility index (Phi) is 6.85. The van der Waals surface area contributed by atoms with Gasteiger partial charge in [-0.1, -0.05) is 72.8 Å². The van der Waals surface area contributed by atoms with Crippen LogP contribution in [0.1, 0.15) is 24.0 Å². The van der Waals surface area contributed by atoms with Crippen molar-refractivity contribution < 1.29 is 14.3 Å². The van der Waals surface area contributed by atoms with Crippen molar-refractivity contribution in [2.75, 3.05) is 13.2 Å². The number of carbonyl (C=O) groups excluding carboxylic acids is 1. The van der Waals surface area contributed by atoms with E-state index in [9.17, 15) is 4.79 Å². The average Bonchev–Trinajstić information content (AvgIpc) is 2.93. The second kappa shape index (κ2) is 9.78. The van der Waals surface area contributed by atoms with E-state index >= 15 is 0 Å². The highest BCUT2D eigenvalue weighted by Crippen LogP contribution is 2.15. The third-order valence-corrected chi connectivity index (χ3v) is 4.41. The Hall–Kier alpha value is -2.59. The molecule has 3 rings (SSSR count). The summed E-state index contributed by atoms with van der Waals surface area (Å²) in [6.07, 6.45) is 5.60. The Bertz CT molecular complexity index is 700. The maximum absolute atomic E-state index is 12.6. The van der Waals surface area contributed by atoms with Gasteiger partial charge in [0.15, 0.2) is 0 Å². The van der Waals surface area contributed by atoms with Gasteiger partial charge in [-0.3, -0.25) is 0 Å². The van der Waals surface area contributed by atoms with Crippen molar-refractivity contribution in [3.63, 3.8) is 0 Å². The van der Waals surface area contributed by atoms with Gasteiger partial charge >= 0.3 is 6.09 Å². The fourth-order valence-electron chi connectivity index (χ4n) is 2.98. The van der Waals surface area contributed by atoms with E-state index in [0.29, 0.717) is 26.4 Å². The third-order valence-electron chi connectivity index (χ3n) is 4.41. The molecule has 4 heteroatoms. The van der Waals surface area contributed by atoms with Crippen molar-refractivity contribution in [3.05, 3.63) is 83.9 Å². The molecule has 0 N–H and O–H groups in total. The maximum Gasteiger partial charge on any atom is 0.410 e. The lowest BCUT2D eigenvalue weighted by Crippen LogP contribution is -2.43. The molecule has 1 atom stereocenters. The molecule has 1 amide bonds. The monoisotopic (exact) mass is 351 g/mol. The summed E-state index contributed by atoms with van der Waals surface area (Å²) in [6.45, 7) is 2.00. The summed E-state index contributed by atoms with van der Waals surface area (Å²) in [4.78, 5) is 14.4. The van der Waals surface area contributed by atoms with Gasteiger partial charge in [0.05, 0.1) is 19.3 Å². The predicted octanol–water partition coefficient (Wildman–Crippen LogP) is 4.56. The molecule has 1 heterocycles. The zero-order chi connectivity index (χ0) is 18.0. The maximum atomic E-state index is 12.6. The molecule has 0 aliphatic carbocycles. The Balaban J connectivity index is 1.53. The molecule has 26 heavy (non-hydrogen) atoms. The van der Waals surface area contributed by atoms with Crippen LogP contribution >= 0.6 is 0 Å². The third kappa shape index (κ3) is 5.46. The van der Waals surface area contributed by atoms with Gasteiger partial charge in [0, 0.05) is 6.54 Å². The second-order valence-electron chi connectivity index (χ2n) is 6.38. The molecule has 4 nitrogen and oxygen atoms in total. The van der Waals surface area contributed by atoms with Crippen LogP contribution in [0, 0.1) is 0 Å². The van der Waals surface area contributed by atoms with E-state index in [1.165, 1.54) is 0 Å². The Labute approximate surface area is 155 Å². The number of carbonyl (C=O) groups is 1. The fourth-order valence-corrected chi connectivity index (χ4v) is 2.98. The second-order valence-corrected chi connectivity index (χ2v) is 6.38. The van der Waals surface area contributed by atoms with E-state index in [0.717, 1.165) is 24.0 Å². The van der Waals surface area contributed by atoms with E-state index in [1.807, 2.05) is 60.7 Å². The Morgan fingerprint density at radius 1 is 0.923 bits per heavy atom. The van der Waals surface area contributed by atoms with Crippen LogP contribution in [0.15, 0.2) is 72.8 Å². The molecule has 0 saturated carbocycles. The normalized spacial score (nSPS) is 16.9. The quantitative estimate of drug-likeness (QED) is 0.716. The molecular formula is C22H25NO3. The number of amides is 1. The zero-order valence-electron chi connectivity index (χ0n) is 14.9. The molecule has 0 fully saturated rings. The first-order chi connectivity index (χ1) is 12.8. The van der Waals surface area contributed by atoms with Gasteiger partial charge in [-0.15, -0.1) is 0 Å². The summed E-state index contributed by atoms with van der Waals surface area (Å²) in [7, 11) is 0. The number of hydrogen-bond acceptors (Lipinski definition) is 3. The minimum Gasteiger partial charge on any atom is -0.445 e. The Morgan fingerprint density at radius 2 is 1.58 bits per heavy atom. The van der Waals surface area contributed by atoms with Crippen molar-refractivity contribution in [1.29, 1.82) is 0 Å². The highest BCUT2D eigenvalue weighted by Gasteiger charge is 2.25. The van der Waals surface area contributed by atoms with E-state index in [4.69, 9.17) is 9.47 Å². The average molecular weight is 351 g/mol. The van der Waals surface area contributed by atoms with Crippen LogP contribution in [0.25, 0.3) is 0 Å². The molecule has 0 aromatic heterocycles. The smallest absolute Gasteiger partial charge is 0.410 e. The first-order valence-electron chi connectivity index (χ1n) is 9.07. The van der Waals surface area contributed by atoms with Gasteiger partial charge in [-0.25, -0.2) is 4.79 Å². The molecular weight excluding hydrogens is 326 g/mol. The molecule has 1 aliphatic rings. The van der Waals surface area contributed by atoms with Gasteiger partial charge < -0.3 is 14.4 Å². The molecule has 2 aromatic carbocycles. The van der Waals surface area contributed by atoms with Crippen molar-refractivity contribution in [3.8, 4) is 0 Å². The van der Waals surface area contributed by atoms with Gasteiger partial charge in [0.2, 0.25) is 0 Å². The van der Waals surface area contributed by atoms with Crippen LogP contribution in [0.2, 0.25) is 0 Å². The highest BCUT2D eigenvalue weighted by molar-refractivity contribution is 5.68. The molecule has 136 valence electrons. The van der Waals surface area contributed by atoms with Crippen LogP contribution in [0.3, 0.4) is 0 Å². The van der Waals surface area contributed by atoms with E-state index in [2.05, 4.69) is 12.2 Å². The summed E-state index contributed by atoms with van der Waals surface area (Å²) in [6, 6.07) is 19.8. The molecule has 0 radical (unpaired) electrons. The lowest BCUT2D eigenvalue weighted by molar-refractivity contribution is 0.0371. The minimum atomic E-state index is -0.272. The molecule has 0 unspecified atom stereocenters. The summed E-state index contributed by atoms with van der Waals surface area (Å²) < 4.78 is 11.4. The highest BCUT2D eigenvalue weighted by atomic mass is 16.6. The topological polar surface area (TPSA) is 38.8 Å². The summed E-state index contributed by atoms with van der Waals surface area (Å²) in [5.41, 5.74) is 2.13. The molecule has 0 spiro atoms. The van der Waals surface area contributed by atoms with Crippen molar-refractivity contribution >= 4 is 6.09 Å². The van der Waals surface area contributed by atoms with Crippen molar-refractivity contribution in [1.82, 2.24) is 4.90 Å². The van der Waals surface area contributed by atoms with Crippen molar-refractivity contribution in [2.24, 2.45) is 0 Å². The largest absolute Gasteiger partial charge is 0.445 e. The van der Waals surface area contributed by atoms with Crippen LogP contribution in [-0.2, 0) is 22.7 Å². The van der Waals surface area contributed by atoms with Crippen molar-refractivity contribution in [2.45, 2.75) is 32.1 Å². The number of hydrogen-bond donors (Lipinski definition) is 0. The molecule has 2 aromatic rings. The molecule has 0 bridgehead atoms. The number of ether oxygens (including phenoxy) is 2. The van der Waals surface area contributed by atoms with Gasteiger partial charge in [0.25, 0.3) is 0 Å². The van der Waals surface area contributed by atoms with Crippen LogP contribution in [-0.4, -0.2) is 30.2 Å². The van der Waals surface area contributed by atoms with Crippen LogP contribution in [0.4, 0.5) is 4.79 Å². The van der Waals surface area contributed by atoms with Crippen LogP contribution < -0.4 is 0 Å². The number of benzene rings is 2. The van der Waals surface area contributed by atoms with E-state index < -0.39 is 0 Å². The SMILES string of the molecule is O=C(OCc1ccccc1)N1CCC=CC[C@H]1COCc1ccccc1. The van der Waals surface area contributed by atoms with Gasteiger partial charge in [-0.05, 0) is 24.0 Å². The minimum absolute atomic E-state index is 0.000681. The van der Waals surface area contributed by atoms with Crippen LogP contribution in [0.5, 0.6) is 0 Å². The summed E-state index contributed by atoms with van der Waals surface area (Å²) in [5.74, 6) is 0.